The van der Waals surface area contributed by atoms with Crippen LogP contribution in [-0.2, 0) is 11.2 Å². The van der Waals surface area contributed by atoms with Gasteiger partial charge < -0.3 is 15.8 Å². The standard InChI is InChI=1S/C12H13N3O4/c1-6-8(2-3-11(16)17)12-9(14-6)4-7(13)5-10(12)15(18)19/h4-5,14H,2-3,13H2,1H3,(H,16,17). The van der Waals surface area contributed by atoms with Crippen molar-refractivity contribution in [1.29, 1.82) is 0 Å². The molecule has 0 fully saturated rings. The molecule has 0 unspecified atom stereocenters. The molecule has 2 aromatic rings. The number of aliphatic carboxylic acids is 1. The number of benzene rings is 1. The Morgan fingerprint density at radius 3 is 2.79 bits per heavy atom. The Morgan fingerprint density at radius 1 is 1.53 bits per heavy atom. The first-order valence-electron chi connectivity index (χ1n) is 5.67. The number of rotatable bonds is 4. The van der Waals surface area contributed by atoms with E-state index in [1.54, 1.807) is 13.0 Å². The van der Waals surface area contributed by atoms with Gasteiger partial charge in [-0.05, 0) is 25.0 Å². The first kappa shape index (κ1) is 12.9. The molecule has 19 heavy (non-hydrogen) atoms. The number of nitrogen functional groups attached to an aromatic ring is 1. The zero-order valence-corrected chi connectivity index (χ0v) is 10.3. The second kappa shape index (κ2) is 4.60. The van der Waals surface area contributed by atoms with Crippen molar-refractivity contribution >= 4 is 28.2 Å². The smallest absolute Gasteiger partial charge is 0.303 e. The fourth-order valence-electron chi connectivity index (χ4n) is 2.22. The van der Waals surface area contributed by atoms with Gasteiger partial charge in [-0.25, -0.2) is 0 Å². The lowest BCUT2D eigenvalue weighted by atomic mass is 10.0. The normalized spacial score (nSPS) is 10.8. The number of aromatic nitrogens is 1. The first-order valence-corrected chi connectivity index (χ1v) is 5.67. The van der Waals surface area contributed by atoms with Gasteiger partial charge in [-0.3, -0.25) is 14.9 Å². The number of nitro benzene ring substituents is 1. The molecule has 2 rings (SSSR count). The third-order valence-electron chi connectivity index (χ3n) is 3.00. The van der Waals surface area contributed by atoms with Crippen LogP contribution in [0.1, 0.15) is 17.7 Å². The first-order chi connectivity index (χ1) is 8.90. The van der Waals surface area contributed by atoms with Crippen molar-refractivity contribution in [1.82, 2.24) is 4.98 Å². The van der Waals surface area contributed by atoms with Gasteiger partial charge in [0.2, 0.25) is 0 Å². The fourth-order valence-corrected chi connectivity index (χ4v) is 2.22. The van der Waals surface area contributed by atoms with E-state index in [9.17, 15) is 14.9 Å². The van der Waals surface area contributed by atoms with Crippen LogP contribution < -0.4 is 5.73 Å². The average Bonchev–Trinajstić information content (AvgIpc) is 2.60. The third kappa shape index (κ3) is 2.35. The molecule has 0 spiro atoms. The Hall–Kier alpha value is -2.57. The van der Waals surface area contributed by atoms with Gasteiger partial charge in [-0.2, -0.15) is 0 Å². The summed E-state index contributed by atoms with van der Waals surface area (Å²) in [5, 5.41) is 20.3. The van der Waals surface area contributed by atoms with E-state index in [0.717, 1.165) is 5.69 Å². The van der Waals surface area contributed by atoms with E-state index >= 15 is 0 Å². The van der Waals surface area contributed by atoms with Crippen LogP contribution in [0.25, 0.3) is 10.9 Å². The van der Waals surface area contributed by atoms with Crippen molar-refractivity contribution in [2.24, 2.45) is 0 Å². The van der Waals surface area contributed by atoms with E-state index in [0.29, 0.717) is 22.2 Å². The highest BCUT2D eigenvalue weighted by atomic mass is 16.6. The second-order valence-electron chi connectivity index (χ2n) is 4.34. The van der Waals surface area contributed by atoms with Gasteiger partial charge >= 0.3 is 5.97 Å². The maximum absolute atomic E-state index is 11.1. The van der Waals surface area contributed by atoms with Crippen LogP contribution >= 0.6 is 0 Å². The van der Waals surface area contributed by atoms with Gasteiger partial charge in [0, 0.05) is 23.9 Å². The number of H-pyrrole nitrogens is 1. The summed E-state index contributed by atoms with van der Waals surface area (Å²) in [4.78, 5) is 24.2. The van der Waals surface area contributed by atoms with Gasteiger partial charge in [0.25, 0.3) is 5.69 Å². The SMILES string of the molecule is Cc1[nH]c2cc(N)cc([N+](=O)[O-])c2c1CCC(=O)O. The highest BCUT2D eigenvalue weighted by Crippen LogP contribution is 2.33. The van der Waals surface area contributed by atoms with Crippen molar-refractivity contribution in [2.45, 2.75) is 19.8 Å². The fraction of sp³-hybridized carbons (Fsp3) is 0.250. The number of anilines is 1. The molecular formula is C12H13N3O4. The minimum absolute atomic E-state index is 0.0741. The molecule has 1 heterocycles. The summed E-state index contributed by atoms with van der Waals surface area (Å²) in [6.45, 7) is 1.76. The number of nitro groups is 1. The second-order valence-corrected chi connectivity index (χ2v) is 4.34. The topological polar surface area (TPSA) is 122 Å². The average molecular weight is 263 g/mol. The van der Waals surface area contributed by atoms with Crippen LogP contribution in [-0.4, -0.2) is 21.0 Å². The Kier molecular flexibility index (Phi) is 3.12. The number of nitrogens with one attached hydrogen (secondary N) is 1. The minimum atomic E-state index is -0.938. The number of aryl methyl sites for hydroxylation is 2. The van der Waals surface area contributed by atoms with Crippen molar-refractivity contribution in [3.63, 3.8) is 0 Å². The van der Waals surface area contributed by atoms with Crippen molar-refractivity contribution in [3.05, 3.63) is 33.5 Å². The van der Waals surface area contributed by atoms with E-state index in [-0.39, 0.29) is 18.5 Å². The van der Waals surface area contributed by atoms with E-state index in [2.05, 4.69) is 4.98 Å². The van der Waals surface area contributed by atoms with Crippen LogP contribution in [0.4, 0.5) is 11.4 Å². The molecule has 0 atom stereocenters. The Morgan fingerprint density at radius 2 is 2.21 bits per heavy atom. The lowest BCUT2D eigenvalue weighted by molar-refractivity contribution is -0.383. The van der Waals surface area contributed by atoms with E-state index in [4.69, 9.17) is 10.8 Å². The Bertz CT molecular complexity index is 675. The van der Waals surface area contributed by atoms with Gasteiger partial charge in [-0.15, -0.1) is 0 Å². The molecule has 0 saturated heterocycles. The lowest BCUT2D eigenvalue weighted by Gasteiger charge is -2.01. The molecular weight excluding hydrogens is 250 g/mol. The number of non-ortho nitro benzene ring substituents is 1. The zero-order valence-electron chi connectivity index (χ0n) is 10.3. The largest absolute Gasteiger partial charge is 0.481 e. The zero-order chi connectivity index (χ0) is 14.2. The summed E-state index contributed by atoms with van der Waals surface area (Å²) >= 11 is 0. The number of hydrogen-bond acceptors (Lipinski definition) is 4. The number of carboxylic acids is 1. The van der Waals surface area contributed by atoms with Crippen LogP contribution in [0.2, 0.25) is 0 Å². The molecule has 0 amide bonds. The highest BCUT2D eigenvalue weighted by Gasteiger charge is 2.20. The van der Waals surface area contributed by atoms with Crippen LogP contribution in [0, 0.1) is 17.0 Å². The Labute approximate surface area is 108 Å². The van der Waals surface area contributed by atoms with E-state index < -0.39 is 10.9 Å². The molecule has 0 aliphatic carbocycles. The number of carboxylic acid groups (broad SMARTS) is 1. The molecule has 0 bridgehead atoms. The molecule has 0 aliphatic rings. The number of nitrogens with two attached hydrogens (primary N) is 1. The molecule has 0 saturated carbocycles. The number of nitrogens with zero attached hydrogens (tertiary/aromatic N) is 1. The maximum Gasteiger partial charge on any atom is 0.303 e. The third-order valence-corrected chi connectivity index (χ3v) is 3.00. The van der Waals surface area contributed by atoms with E-state index in [1.165, 1.54) is 6.07 Å². The van der Waals surface area contributed by atoms with Crippen LogP contribution in [0.3, 0.4) is 0 Å². The summed E-state index contributed by atoms with van der Waals surface area (Å²) in [6.07, 6.45) is 0.168. The molecule has 100 valence electrons. The molecule has 7 nitrogen and oxygen atoms in total. The molecule has 0 aliphatic heterocycles. The number of aromatic amines is 1. The summed E-state index contributed by atoms with van der Waals surface area (Å²) < 4.78 is 0. The number of carbonyl (C=O) groups is 1. The highest BCUT2D eigenvalue weighted by molar-refractivity contribution is 5.95. The number of fused-ring (bicyclic) bond motifs is 1. The number of hydrogen-bond donors (Lipinski definition) is 3. The van der Waals surface area contributed by atoms with Gasteiger partial charge in [0.15, 0.2) is 0 Å². The van der Waals surface area contributed by atoms with Crippen LogP contribution in [0.5, 0.6) is 0 Å². The van der Waals surface area contributed by atoms with Crippen molar-refractivity contribution < 1.29 is 14.8 Å². The summed E-state index contributed by atoms with van der Waals surface area (Å²) in [6, 6.07) is 2.90. The monoisotopic (exact) mass is 263 g/mol. The lowest BCUT2D eigenvalue weighted by Crippen LogP contribution is -1.99. The minimum Gasteiger partial charge on any atom is -0.481 e. The van der Waals surface area contributed by atoms with Crippen molar-refractivity contribution in [3.8, 4) is 0 Å². The van der Waals surface area contributed by atoms with Gasteiger partial charge in [0.1, 0.15) is 0 Å². The summed E-state index contributed by atoms with van der Waals surface area (Å²) in [5.41, 5.74) is 7.77. The van der Waals surface area contributed by atoms with E-state index in [1.807, 2.05) is 0 Å². The molecule has 4 N–H and O–H groups in total. The molecule has 7 heteroatoms. The molecule has 1 aromatic heterocycles. The maximum atomic E-state index is 11.1. The predicted octanol–water partition coefficient (Wildman–Crippen LogP) is 1.98. The molecule has 0 radical (unpaired) electrons. The predicted molar refractivity (Wildman–Crippen MR) is 70.1 cm³/mol. The van der Waals surface area contributed by atoms with Gasteiger partial charge in [-0.1, -0.05) is 0 Å². The quantitative estimate of drug-likeness (QED) is 0.442. The summed E-state index contributed by atoms with van der Waals surface area (Å²) in [7, 11) is 0. The Balaban J connectivity index is 2.65. The van der Waals surface area contributed by atoms with Crippen LogP contribution in [0.15, 0.2) is 12.1 Å². The molecule has 1 aromatic carbocycles. The summed E-state index contributed by atoms with van der Waals surface area (Å²) in [5.74, 6) is -0.938. The van der Waals surface area contributed by atoms with Gasteiger partial charge in [0.05, 0.1) is 15.8 Å². The van der Waals surface area contributed by atoms with Crippen molar-refractivity contribution in [2.75, 3.05) is 5.73 Å².